The summed E-state index contributed by atoms with van der Waals surface area (Å²) in [5.74, 6) is 7.82. The molecule has 1 aromatic carbocycles. The quantitative estimate of drug-likeness (QED) is 0.133. The summed E-state index contributed by atoms with van der Waals surface area (Å²) in [6.45, 7) is 9.70. The molecule has 0 saturated carbocycles. The van der Waals surface area contributed by atoms with Crippen molar-refractivity contribution in [1.29, 1.82) is 0 Å². The second kappa shape index (κ2) is 17.9. The van der Waals surface area contributed by atoms with E-state index in [2.05, 4.69) is 35.7 Å². The predicted molar refractivity (Wildman–Crippen MR) is 143 cm³/mol. The van der Waals surface area contributed by atoms with E-state index in [0.29, 0.717) is 18.9 Å². The van der Waals surface area contributed by atoms with Gasteiger partial charge in [0.15, 0.2) is 17.9 Å². The lowest BCUT2D eigenvalue weighted by molar-refractivity contribution is -0.163. The summed E-state index contributed by atoms with van der Waals surface area (Å²) < 4.78 is 17.2. The molecule has 0 aliphatic carbocycles. The van der Waals surface area contributed by atoms with E-state index in [1.54, 1.807) is 12.4 Å². The highest BCUT2D eigenvalue weighted by molar-refractivity contribution is 5.56. The van der Waals surface area contributed by atoms with Gasteiger partial charge < -0.3 is 14.2 Å². The van der Waals surface area contributed by atoms with Crippen molar-refractivity contribution >= 4 is 0 Å². The van der Waals surface area contributed by atoms with E-state index in [0.717, 1.165) is 36.3 Å². The van der Waals surface area contributed by atoms with Crippen LogP contribution in [-0.4, -0.2) is 35.6 Å². The fourth-order valence-corrected chi connectivity index (χ4v) is 3.71. The minimum Gasteiger partial charge on any atom is -0.490 e. The fourth-order valence-electron chi connectivity index (χ4n) is 3.71. The van der Waals surface area contributed by atoms with Crippen LogP contribution in [0.5, 0.6) is 5.75 Å². The van der Waals surface area contributed by atoms with Gasteiger partial charge in [-0.15, -0.1) is 0 Å². The van der Waals surface area contributed by atoms with Gasteiger partial charge in [0.2, 0.25) is 0 Å². The molecule has 5 nitrogen and oxygen atoms in total. The molecule has 0 amide bonds. The molecule has 1 aromatic heterocycles. The molecule has 0 radical (unpaired) electrons. The van der Waals surface area contributed by atoms with E-state index in [1.165, 1.54) is 44.9 Å². The Kier molecular flexibility index (Phi) is 14.8. The summed E-state index contributed by atoms with van der Waals surface area (Å²) >= 11 is 0. The zero-order valence-electron chi connectivity index (χ0n) is 22.2. The number of nitrogens with zero attached hydrogens (tertiary/aromatic N) is 2. The molecular formula is C30H44N2O3. The smallest absolute Gasteiger partial charge is 0.159 e. The highest BCUT2D eigenvalue weighted by atomic mass is 16.7. The Morgan fingerprint density at radius 1 is 0.857 bits per heavy atom. The van der Waals surface area contributed by atoms with Crippen LogP contribution in [0.25, 0.3) is 11.4 Å². The Morgan fingerprint density at radius 2 is 1.51 bits per heavy atom. The summed E-state index contributed by atoms with van der Waals surface area (Å²) in [5, 5.41) is 0. The number of hydrogen-bond acceptors (Lipinski definition) is 5. The Balaban J connectivity index is 1.72. The third-order valence-corrected chi connectivity index (χ3v) is 5.73. The molecule has 2 unspecified atom stereocenters. The second-order valence-corrected chi connectivity index (χ2v) is 8.89. The van der Waals surface area contributed by atoms with E-state index in [-0.39, 0.29) is 12.4 Å². The van der Waals surface area contributed by atoms with Gasteiger partial charge in [-0.05, 0) is 51.0 Å². The Labute approximate surface area is 213 Å². The number of unbranched alkanes of at least 4 members (excludes halogenated alkanes) is 7. The standard InChI is InChI=1S/C30H44N2O3/c1-5-8-9-10-11-12-13-14-22-34-28-23-31-30(32-24-28)27-20-18-26(19-21-27)17-15-16-25(4)35-29(6-2)33-7-3/h18-21,23-25,29H,5-14,16,22H2,1-4H3. The van der Waals surface area contributed by atoms with Crippen molar-refractivity contribution in [3.05, 3.63) is 42.2 Å². The van der Waals surface area contributed by atoms with Crippen molar-refractivity contribution in [1.82, 2.24) is 9.97 Å². The fraction of sp³-hybridized carbons (Fsp3) is 0.600. The second-order valence-electron chi connectivity index (χ2n) is 8.89. The number of rotatable bonds is 17. The third kappa shape index (κ3) is 12.2. The number of ether oxygens (including phenoxy) is 3. The molecule has 0 spiro atoms. The van der Waals surface area contributed by atoms with Crippen LogP contribution in [0.1, 0.15) is 97.5 Å². The van der Waals surface area contributed by atoms with Crippen LogP contribution in [0.2, 0.25) is 0 Å². The summed E-state index contributed by atoms with van der Waals surface area (Å²) in [6, 6.07) is 8.00. The molecule has 2 aromatic rings. The number of aromatic nitrogens is 2. The average Bonchev–Trinajstić information content (AvgIpc) is 2.88. The molecule has 0 fully saturated rings. The van der Waals surface area contributed by atoms with Crippen molar-refractivity contribution in [3.63, 3.8) is 0 Å². The van der Waals surface area contributed by atoms with Gasteiger partial charge in [-0.25, -0.2) is 9.97 Å². The maximum atomic E-state index is 5.87. The zero-order valence-corrected chi connectivity index (χ0v) is 22.2. The van der Waals surface area contributed by atoms with E-state index in [4.69, 9.17) is 14.2 Å². The first-order valence-electron chi connectivity index (χ1n) is 13.5. The monoisotopic (exact) mass is 480 g/mol. The largest absolute Gasteiger partial charge is 0.490 e. The van der Waals surface area contributed by atoms with Crippen LogP contribution in [0, 0.1) is 11.8 Å². The SMILES string of the molecule is CCCCCCCCCCOc1cnc(-c2ccc(C#CCC(C)OC(CC)OCC)cc2)nc1. The van der Waals surface area contributed by atoms with Crippen molar-refractivity contribution in [2.75, 3.05) is 13.2 Å². The topological polar surface area (TPSA) is 53.5 Å². The summed E-state index contributed by atoms with van der Waals surface area (Å²) in [5.41, 5.74) is 1.92. The van der Waals surface area contributed by atoms with Gasteiger partial charge in [0.05, 0.1) is 25.1 Å². The third-order valence-electron chi connectivity index (χ3n) is 5.73. The minimum absolute atomic E-state index is 0.0305. The highest BCUT2D eigenvalue weighted by Crippen LogP contribution is 2.18. The van der Waals surface area contributed by atoms with Crippen LogP contribution in [0.3, 0.4) is 0 Å². The lowest BCUT2D eigenvalue weighted by atomic mass is 10.1. The van der Waals surface area contributed by atoms with Gasteiger partial charge in [0, 0.05) is 24.2 Å². The molecular weight excluding hydrogens is 436 g/mol. The molecule has 0 saturated heterocycles. The van der Waals surface area contributed by atoms with E-state index >= 15 is 0 Å². The molecule has 5 heteroatoms. The molecule has 0 bridgehead atoms. The summed E-state index contributed by atoms with van der Waals surface area (Å²) in [4.78, 5) is 8.94. The maximum Gasteiger partial charge on any atom is 0.159 e. The van der Waals surface area contributed by atoms with Gasteiger partial charge in [0.1, 0.15) is 0 Å². The minimum atomic E-state index is -0.155. The van der Waals surface area contributed by atoms with Gasteiger partial charge in [-0.2, -0.15) is 0 Å². The van der Waals surface area contributed by atoms with E-state index in [9.17, 15) is 0 Å². The van der Waals surface area contributed by atoms with Gasteiger partial charge in [0.25, 0.3) is 0 Å². The molecule has 2 rings (SSSR count). The number of hydrogen-bond donors (Lipinski definition) is 0. The van der Waals surface area contributed by atoms with Crippen LogP contribution in [0.4, 0.5) is 0 Å². The predicted octanol–water partition coefficient (Wildman–Crippen LogP) is 7.58. The first-order valence-corrected chi connectivity index (χ1v) is 13.5. The van der Waals surface area contributed by atoms with Crippen molar-refractivity contribution in [2.45, 2.75) is 104 Å². The highest BCUT2D eigenvalue weighted by Gasteiger charge is 2.10. The van der Waals surface area contributed by atoms with Gasteiger partial charge >= 0.3 is 0 Å². The molecule has 192 valence electrons. The maximum absolute atomic E-state index is 5.87. The zero-order chi connectivity index (χ0) is 25.1. The first-order chi connectivity index (χ1) is 17.2. The van der Waals surface area contributed by atoms with Crippen molar-refractivity contribution in [2.24, 2.45) is 0 Å². The molecule has 1 heterocycles. The Morgan fingerprint density at radius 3 is 2.14 bits per heavy atom. The lowest BCUT2D eigenvalue weighted by Crippen LogP contribution is -2.22. The van der Waals surface area contributed by atoms with E-state index < -0.39 is 0 Å². The molecule has 0 aliphatic rings. The first kappa shape index (κ1) is 28.8. The number of benzene rings is 1. The van der Waals surface area contributed by atoms with Crippen LogP contribution in [-0.2, 0) is 9.47 Å². The molecule has 0 N–H and O–H groups in total. The Bertz CT molecular complexity index is 856. The average molecular weight is 481 g/mol. The van der Waals surface area contributed by atoms with Crippen molar-refractivity contribution in [3.8, 4) is 29.0 Å². The Hall–Kier alpha value is -2.42. The molecule has 35 heavy (non-hydrogen) atoms. The lowest BCUT2D eigenvalue weighted by Gasteiger charge is -2.19. The van der Waals surface area contributed by atoms with Crippen molar-refractivity contribution < 1.29 is 14.2 Å². The van der Waals surface area contributed by atoms with Gasteiger partial charge in [-0.3, -0.25) is 0 Å². The summed E-state index contributed by atoms with van der Waals surface area (Å²) in [6.07, 6.45) is 15.2. The molecule has 2 atom stereocenters. The van der Waals surface area contributed by atoms with Crippen LogP contribution < -0.4 is 4.74 Å². The van der Waals surface area contributed by atoms with Crippen LogP contribution in [0.15, 0.2) is 36.7 Å². The van der Waals surface area contributed by atoms with Gasteiger partial charge in [-0.1, -0.05) is 70.6 Å². The summed E-state index contributed by atoms with van der Waals surface area (Å²) in [7, 11) is 0. The van der Waals surface area contributed by atoms with Crippen LogP contribution >= 0.6 is 0 Å². The van der Waals surface area contributed by atoms with E-state index in [1.807, 2.05) is 38.1 Å². The molecule has 0 aliphatic heterocycles. The normalized spacial score (nSPS) is 12.6.